The molecule has 1 atom stereocenters. The van der Waals surface area contributed by atoms with E-state index in [9.17, 15) is 32.8 Å². The minimum atomic E-state index is -4.92. The first-order valence-corrected chi connectivity index (χ1v) is 10.1. The molecule has 3 rings (SSSR count). The molecule has 36 heavy (non-hydrogen) atoms. The van der Waals surface area contributed by atoms with E-state index in [0.717, 1.165) is 25.2 Å². The Bertz CT molecular complexity index is 1340. The summed E-state index contributed by atoms with van der Waals surface area (Å²) in [5, 5.41) is 9.98. The fourth-order valence-corrected chi connectivity index (χ4v) is 3.83. The van der Waals surface area contributed by atoms with Crippen LogP contribution in [0.4, 0.5) is 18.9 Å². The minimum Gasteiger partial charge on any atom is -0.466 e. The van der Waals surface area contributed by atoms with Gasteiger partial charge in [0.2, 0.25) is 5.91 Å². The molecule has 1 unspecified atom stereocenters. The van der Waals surface area contributed by atoms with Crippen LogP contribution < -0.4 is 16.4 Å². The van der Waals surface area contributed by atoms with Gasteiger partial charge in [-0.1, -0.05) is 30.3 Å². The molecule has 0 bridgehead atoms. The van der Waals surface area contributed by atoms with Gasteiger partial charge in [0.1, 0.15) is 11.5 Å². The number of ether oxygens (including phenoxy) is 2. The number of hydrogen-bond acceptors (Lipinski definition) is 8. The third-order valence-electron chi connectivity index (χ3n) is 5.40. The number of nitrogens with two attached hydrogens (primary N) is 2. The van der Waals surface area contributed by atoms with Crippen LogP contribution in [0, 0.1) is 11.3 Å². The number of nitriles is 1. The number of allylic oxidation sites excluding steroid dienone is 1. The molecule has 1 heterocycles. The summed E-state index contributed by atoms with van der Waals surface area (Å²) in [6.07, 6.45) is -4.92. The van der Waals surface area contributed by atoms with Crippen molar-refractivity contribution in [1.29, 1.82) is 5.26 Å². The number of hydrogen-bond donors (Lipinski definition) is 2. The summed E-state index contributed by atoms with van der Waals surface area (Å²) in [5.41, 5.74) is 8.31. The van der Waals surface area contributed by atoms with Gasteiger partial charge >= 0.3 is 18.1 Å². The summed E-state index contributed by atoms with van der Waals surface area (Å²) in [6.45, 7) is 0. The fourth-order valence-electron chi connectivity index (χ4n) is 3.83. The highest BCUT2D eigenvalue weighted by molar-refractivity contribution is 6.06. The monoisotopic (exact) mass is 500 g/mol. The van der Waals surface area contributed by atoms with Crippen LogP contribution in [0.25, 0.3) is 0 Å². The lowest BCUT2D eigenvalue weighted by molar-refractivity contribution is -0.139. The Morgan fingerprint density at radius 2 is 1.64 bits per heavy atom. The van der Waals surface area contributed by atoms with Gasteiger partial charge in [-0.2, -0.15) is 18.4 Å². The van der Waals surface area contributed by atoms with Crippen molar-refractivity contribution in [3.05, 3.63) is 87.9 Å². The lowest BCUT2D eigenvalue weighted by Crippen LogP contribution is -2.41. The number of rotatable bonds is 5. The van der Waals surface area contributed by atoms with Crippen molar-refractivity contribution in [3.8, 4) is 6.07 Å². The lowest BCUT2D eigenvalue weighted by atomic mass is 9.81. The molecule has 0 aliphatic carbocycles. The Kier molecular flexibility index (Phi) is 7.05. The van der Waals surface area contributed by atoms with Crippen molar-refractivity contribution in [2.24, 2.45) is 11.5 Å². The Hall–Kier alpha value is -4.79. The SMILES string of the molecule is COC(=O)C1=C(C(=O)OC)N(c2cc(C(N)=O)cc(C(F)(F)F)c2)C(N)=C(C#N)C1c1ccccc1. The molecule has 1 aliphatic heterocycles. The van der Waals surface area contributed by atoms with Gasteiger partial charge in [-0.3, -0.25) is 9.69 Å². The van der Waals surface area contributed by atoms with Crippen molar-refractivity contribution in [1.82, 2.24) is 0 Å². The van der Waals surface area contributed by atoms with Gasteiger partial charge in [0.25, 0.3) is 0 Å². The molecule has 2 aromatic carbocycles. The summed E-state index contributed by atoms with van der Waals surface area (Å²) >= 11 is 0. The smallest absolute Gasteiger partial charge is 0.416 e. The van der Waals surface area contributed by atoms with Gasteiger partial charge in [-0.05, 0) is 23.8 Å². The number of nitrogens with zero attached hydrogens (tertiary/aromatic N) is 2. The normalized spacial score (nSPS) is 15.9. The summed E-state index contributed by atoms with van der Waals surface area (Å²) in [7, 11) is 2.01. The second-order valence-corrected chi connectivity index (χ2v) is 7.47. The standard InChI is InChI=1S/C24H19F3N4O5/c1-35-22(33)18-17(12-6-4-3-5-7-12)16(11-28)20(29)31(19(18)23(34)36-2)15-9-13(21(30)32)8-14(10-15)24(25,26)27/h3-10,17H,29H2,1-2H3,(H2,30,32). The zero-order valence-electron chi connectivity index (χ0n) is 18.9. The number of halogens is 3. The number of carbonyl (C=O) groups excluding carboxylic acids is 3. The topological polar surface area (TPSA) is 149 Å². The maximum atomic E-state index is 13.6. The maximum Gasteiger partial charge on any atom is 0.416 e. The van der Waals surface area contributed by atoms with E-state index in [4.69, 9.17) is 20.9 Å². The van der Waals surface area contributed by atoms with Crippen LogP contribution >= 0.6 is 0 Å². The van der Waals surface area contributed by atoms with Crippen LogP contribution in [0.3, 0.4) is 0 Å². The number of anilines is 1. The number of alkyl halides is 3. The molecule has 1 aliphatic rings. The molecule has 0 fully saturated rings. The number of benzene rings is 2. The average molecular weight is 500 g/mol. The highest BCUT2D eigenvalue weighted by Gasteiger charge is 2.43. The Labute approximate surface area is 203 Å². The van der Waals surface area contributed by atoms with Gasteiger partial charge in [0, 0.05) is 11.3 Å². The molecular formula is C24H19F3N4O5. The predicted octanol–water partition coefficient (Wildman–Crippen LogP) is 2.70. The second-order valence-electron chi connectivity index (χ2n) is 7.47. The van der Waals surface area contributed by atoms with E-state index in [1.165, 1.54) is 0 Å². The van der Waals surface area contributed by atoms with Crippen LogP contribution in [-0.2, 0) is 25.2 Å². The average Bonchev–Trinajstić information content (AvgIpc) is 2.86. The molecule has 0 spiro atoms. The first-order valence-electron chi connectivity index (χ1n) is 10.1. The molecule has 0 saturated carbocycles. The highest BCUT2D eigenvalue weighted by atomic mass is 19.4. The van der Waals surface area contributed by atoms with Crippen molar-refractivity contribution < 1.29 is 37.0 Å². The second kappa shape index (κ2) is 9.83. The molecule has 0 aromatic heterocycles. The van der Waals surface area contributed by atoms with Crippen molar-refractivity contribution >= 4 is 23.5 Å². The highest BCUT2D eigenvalue weighted by Crippen LogP contribution is 2.44. The van der Waals surface area contributed by atoms with Crippen LogP contribution in [0.2, 0.25) is 0 Å². The van der Waals surface area contributed by atoms with E-state index >= 15 is 0 Å². The van der Waals surface area contributed by atoms with E-state index < -0.39 is 63.8 Å². The molecular weight excluding hydrogens is 481 g/mol. The summed E-state index contributed by atoms with van der Waals surface area (Å²) < 4.78 is 50.6. The van der Waals surface area contributed by atoms with E-state index in [0.29, 0.717) is 17.7 Å². The Balaban J connectivity index is 2.48. The van der Waals surface area contributed by atoms with Crippen molar-refractivity contribution in [3.63, 3.8) is 0 Å². The first-order chi connectivity index (χ1) is 17.0. The zero-order chi connectivity index (χ0) is 26.8. The van der Waals surface area contributed by atoms with Crippen molar-refractivity contribution in [2.45, 2.75) is 12.1 Å². The largest absolute Gasteiger partial charge is 0.466 e. The summed E-state index contributed by atoms with van der Waals surface area (Å²) in [5.74, 6) is -5.09. The third-order valence-corrected chi connectivity index (χ3v) is 5.40. The number of carbonyl (C=O) groups is 3. The third kappa shape index (κ3) is 4.58. The zero-order valence-corrected chi connectivity index (χ0v) is 18.9. The first kappa shape index (κ1) is 25.8. The van der Waals surface area contributed by atoms with Crippen LogP contribution in [0.1, 0.15) is 27.4 Å². The number of primary amides is 1. The number of esters is 2. The Morgan fingerprint density at radius 1 is 1.03 bits per heavy atom. The molecule has 4 N–H and O–H groups in total. The molecule has 9 nitrogen and oxygen atoms in total. The quantitative estimate of drug-likeness (QED) is 0.596. The molecule has 2 aromatic rings. The molecule has 1 amide bonds. The lowest BCUT2D eigenvalue weighted by Gasteiger charge is -2.36. The van der Waals surface area contributed by atoms with Gasteiger partial charge in [0.15, 0.2) is 0 Å². The van der Waals surface area contributed by atoms with Crippen molar-refractivity contribution in [2.75, 3.05) is 19.1 Å². The van der Waals surface area contributed by atoms with Gasteiger partial charge in [0.05, 0.1) is 42.9 Å². The van der Waals surface area contributed by atoms with E-state index in [1.807, 2.05) is 6.07 Å². The molecule has 0 saturated heterocycles. The van der Waals surface area contributed by atoms with Crippen LogP contribution in [-0.4, -0.2) is 32.1 Å². The predicted molar refractivity (Wildman–Crippen MR) is 120 cm³/mol. The van der Waals surface area contributed by atoms with E-state index in [1.54, 1.807) is 30.3 Å². The van der Waals surface area contributed by atoms with Crippen LogP contribution in [0.5, 0.6) is 0 Å². The molecule has 0 radical (unpaired) electrons. The number of amides is 1. The fraction of sp³-hybridized carbons (Fsp3) is 0.167. The van der Waals surface area contributed by atoms with E-state index in [-0.39, 0.29) is 5.57 Å². The minimum absolute atomic E-state index is 0.257. The van der Waals surface area contributed by atoms with Gasteiger partial charge < -0.3 is 20.9 Å². The van der Waals surface area contributed by atoms with Crippen LogP contribution in [0.15, 0.2) is 71.2 Å². The van der Waals surface area contributed by atoms with E-state index in [2.05, 4.69) is 0 Å². The maximum absolute atomic E-state index is 13.6. The Morgan fingerprint density at radius 3 is 2.14 bits per heavy atom. The number of methoxy groups -OCH3 is 2. The summed E-state index contributed by atoms with van der Waals surface area (Å²) in [4.78, 5) is 38.5. The summed E-state index contributed by atoms with van der Waals surface area (Å²) in [6, 6.07) is 12.0. The molecule has 186 valence electrons. The molecule has 12 heteroatoms. The van der Waals surface area contributed by atoms with Gasteiger partial charge in [-0.15, -0.1) is 0 Å². The van der Waals surface area contributed by atoms with Gasteiger partial charge in [-0.25, -0.2) is 9.59 Å².